The minimum Gasteiger partial charge on any atom is -0.467 e. The van der Waals surface area contributed by atoms with Crippen LogP contribution >= 0.6 is 0 Å². The van der Waals surface area contributed by atoms with Gasteiger partial charge in [-0.15, -0.1) is 0 Å². The lowest BCUT2D eigenvalue weighted by atomic mass is 10.1. The fraction of sp³-hybridized carbons (Fsp3) is 0.308. The Morgan fingerprint density at radius 1 is 1.21 bits per heavy atom. The van der Waals surface area contributed by atoms with E-state index in [0.29, 0.717) is 5.95 Å². The number of methoxy groups -OCH3 is 1. The third-order valence-corrected chi connectivity index (χ3v) is 2.73. The first-order valence-corrected chi connectivity index (χ1v) is 6.10. The summed E-state index contributed by atoms with van der Waals surface area (Å²) < 4.78 is 4.97. The molecule has 2 aromatic rings. The van der Waals surface area contributed by atoms with Crippen molar-refractivity contribution in [2.24, 2.45) is 0 Å². The predicted octanol–water partition coefficient (Wildman–Crippen LogP) is 2.03. The molecule has 3 N–H and O–H groups in total. The summed E-state index contributed by atoms with van der Waals surface area (Å²) in [4.78, 5) is 12.0. The van der Waals surface area contributed by atoms with E-state index in [-0.39, 0.29) is 18.0 Å². The highest BCUT2D eigenvalue weighted by molar-refractivity contribution is 5.36. The molecule has 0 aliphatic carbocycles. The van der Waals surface area contributed by atoms with Crippen molar-refractivity contribution >= 4 is 11.9 Å². The fourth-order valence-electron chi connectivity index (χ4n) is 1.79. The lowest BCUT2D eigenvalue weighted by Crippen LogP contribution is -2.13. The van der Waals surface area contributed by atoms with Crippen molar-refractivity contribution in [3.63, 3.8) is 0 Å². The molecule has 0 radical (unpaired) electrons. The van der Waals surface area contributed by atoms with Crippen LogP contribution in [0.5, 0.6) is 6.01 Å². The molecular weight excluding hydrogens is 242 g/mol. The largest absolute Gasteiger partial charge is 0.467 e. The van der Waals surface area contributed by atoms with Crippen LogP contribution in [-0.2, 0) is 0 Å². The highest BCUT2D eigenvalue weighted by atomic mass is 16.5. The normalized spacial score (nSPS) is 11.9. The standard InChI is InChI=1S/C13H17N5O/c1-3-10(9-7-5-4-6-8-9)15-12-16-11(14)17-13(18-12)19-2/h4-8,10H,3H2,1-2H3,(H3,14,15,16,17,18). The minimum atomic E-state index is 0.118. The zero-order valence-electron chi connectivity index (χ0n) is 11.0. The maximum atomic E-state index is 5.61. The van der Waals surface area contributed by atoms with Gasteiger partial charge in [0.05, 0.1) is 13.2 Å². The van der Waals surface area contributed by atoms with Gasteiger partial charge in [0, 0.05) is 0 Å². The number of hydrogen-bond donors (Lipinski definition) is 2. The summed E-state index contributed by atoms with van der Waals surface area (Å²) in [6.45, 7) is 2.09. The lowest BCUT2D eigenvalue weighted by molar-refractivity contribution is 0.379. The van der Waals surface area contributed by atoms with Crippen molar-refractivity contribution < 1.29 is 4.74 Å². The van der Waals surface area contributed by atoms with Gasteiger partial charge in [0.15, 0.2) is 0 Å². The first-order valence-electron chi connectivity index (χ1n) is 6.10. The van der Waals surface area contributed by atoms with Gasteiger partial charge in [-0.1, -0.05) is 37.3 Å². The van der Waals surface area contributed by atoms with Crippen molar-refractivity contribution in [1.29, 1.82) is 0 Å². The molecule has 6 heteroatoms. The molecule has 1 aromatic heterocycles. The van der Waals surface area contributed by atoms with Crippen molar-refractivity contribution in [2.45, 2.75) is 19.4 Å². The molecule has 1 atom stereocenters. The number of nitrogens with zero attached hydrogens (tertiary/aromatic N) is 3. The lowest BCUT2D eigenvalue weighted by Gasteiger charge is -2.17. The summed E-state index contributed by atoms with van der Waals surface area (Å²) in [6.07, 6.45) is 0.901. The van der Waals surface area contributed by atoms with Crippen LogP contribution in [0, 0.1) is 0 Å². The quantitative estimate of drug-likeness (QED) is 0.854. The Labute approximate surface area is 112 Å². The maximum Gasteiger partial charge on any atom is 0.322 e. The molecular formula is C13H17N5O. The van der Waals surface area contributed by atoms with Crippen LogP contribution in [0.1, 0.15) is 24.9 Å². The number of anilines is 2. The second kappa shape index (κ2) is 5.99. The SMILES string of the molecule is CCC(Nc1nc(N)nc(OC)n1)c1ccccc1. The minimum absolute atomic E-state index is 0.118. The number of ether oxygens (including phenoxy) is 1. The van der Waals surface area contributed by atoms with Crippen LogP contribution in [0.15, 0.2) is 30.3 Å². The van der Waals surface area contributed by atoms with E-state index in [2.05, 4.69) is 39.3 Å². The molecule has 0 bridgehead atoms. The Hall–Kier alpha value is -2.37. The van der Waals surface area contributed by atoms with Crippen LogP contribution < -0.4 is 15.8 Å². The predicted molar refractivity (Wildman–Crippen MR) is 73.9 cm³/mol. The molecule has 0 aliphatic rings. The first kappa shape index (κ1) is 13.1. The highest BCUT2D eigenvalue weighted by Gasteiger charge is 2.12. The Balaban J connectivity index is 2.21. The molecule has 0 aliphatic heterocycles. The number of benzene rings is 1. The number of nitrogens with two attached hydrogens (primary N) is 1. The molecule has 0 saturated heterocycles. The monoisotopic (exact) mass is 259 g/mol. The van der Waals surface area contributed by atoms with Gasteiger partial charge in [0.25, 0.3) is 0 Å². The Morgan fingerprint density at radius 2 is 1.95 bits per heavy atom. The van der Waals surface area contributed by atoms with Crippen molar-refractivity contribution in [1.82, 2.24) is 15.0 Å². The Kier molecular flexibility index (Phi) is 4.12. The number of nitrogen functional groups attached to an aromatic ring is 1. The summed E-state index contributed by atoms with van der Waals surface area (Å²) in [5.74, 6) is 0.553. The van der Waals surface area contributed by atoms with E-state index in [1.165, 1.54) is 12.7 Å². The van der Waals surface area contributed by atoms with Crippen LogP contribution in [0.2, 0.25) is 0 Å². The van der Waals surface area contributed by atoms with E-state index >= 15 is 0 Å². The van der Waals surface area contributed by atoms with Gasteiger partial charge in [-0.05, 0) is 12.0 Å². The zero-order chi connectivity index (χ0) is 13.7. The molecule has 1 unspecified atom stereocenters. The average molecular weight is 259 g/mol. The van der Waals surface area contributed by atoms with Crippen LogP contribution in [0.4, 0.5) is 11.9 Å². The van der Waals surface area contributed by atoms with Crippen molar-refractivity contribution in [3.05, 3.63) is 35.9 Å². The van der Waals surface area contributed by atoms with E-state index in [1.54, 1.807) is 0 Å². The number of hydrogen-bond acceptors (Lipinski definition) is 6. The summed E-state index contributed by atoms with van der Waals surface area (Å²) in [7, 11) is 1.49. The van der Waals surface area contributed by atoms with Gasteiger partial charge >= 0.3 is 6.01 Å². The van der Waals surface area contributed by atoms with Crippen molar-refractivity contribution in [2.75, 3.05) is 18.2 Å². The molecule has 6 nitrogen and oxygen atoms in total. The second-order valence-electron chi connectivity index (χ2n) is 4.02. The van der Waals surface area contributed by atoms with Crippen LogP contribution in [-0.4, -0.2) is 22.1 Å². The van der Waals surface area contributed by atoms with Crippen LogP contribution in [0.3, 0.4) is 0 Å². The highest BCUT2D eigenvalue weighted by Crippen LogP contribution is 2.21. The van der Waals surface area contributed by atoms with Gasteiger partial charge in [-0.25, -0.2) is 0 Å². The molecule has 100 valence electrons. The molecule has 0 amide bonds. The molecule has 0 spiro atoms. The summed E-state index contributed by atoms with van der Waals surface area (Å²) in [5.41, 5.74) is 6.78. The van der Waals surface area contributed by atoms with Gasteiger partial charge < -0.3 is 15.8 Å². The second-order valence-corrected chi connectivity index (χ2v) is 4.02. The molecule has 0 saturated carbocycles. The van der Waals surface area contributed by atoms with Crippen LogP contribution in [0.25, 0.3) is 0 Å². The zero-order valence-corrected chi connectivity index (χ0v) is 11.0. The maximum absolute atomic E-state index is 5.61. The van der Waals surface area contributed by atoms with Gasteiger partial charge in [0.1, 0.15) is 0 Å². The van der Waals surface area contributed by atoms with Gasteiger partial charge in [0.2, 0.25) is 11.9 Å². The third-order valence-electron chi connectivity index (χ3n) is 2.73. The smallest absolute Gasteiger partial charge is 0.322 e. The Morgan fingerprint density at radius 3 is 2.58 bits per heavy atom. The fourth-order valence-corrected chi connectivity index (χ4v) is 1.79. The third kappa shape index (κ3) is 3.31. The van der Waals surface area contributed by atoms with E-state index in [0.717, 1.165) is 6.42 Å². The first-order chi connectivity index (χ1) is 9.22. The summed E-state index contributed by atoms with van der Waals surface area (Å²) >= 11 is 0. The molecule has 0 fully saturated rings. The molecule has 2 rings (SSSR count). The molecule has 1 aromatic carbocycles. The van der Waals surface area contributed by atoms with E-state index < -0.39 is 0 Å². The summed E-state index contributed by atoms with van der Waals surface area (Å²) in [5, 5.41) is 3.24. The van der Waals surface area contributed by atoms with E-state index in [4.69, 9.17) is 10.5 Å². The van der Waals surface area contributed by atoms with Gasteiger partial charge in [-0.2, -0.15) is 15.0 Å². The number of aromatic nitrogens is 3. The number of nitrogens with one attached hydrogen (secondary N) is 1. The number of rotatable bonds is 5. The van der Waals surface area contributed by atoms with Crippen molar-refractivity contribution in [3.8, 4) is 6.01 Å². The summed E-state index contributed by atoms with van der Waals surface area (Å²) in [6, 6.07) is 10.4. The van der Waals surface area contributed by atoms with E-state index in [9.17, 15) is 0 Å². The molecule has 19 heavy (non-hydrogen) atoms. The average Bonchev–Trinajstić information content (AvgIpc) is 2.45. The van der Waals surface area contributed by atoms with E-state index in [1.807, 2.05) is 18.2 Å². The Bertz CT molecular complexity index is 532. The topological polar surface area (TPSA) is 86.0 Å². The molecule has 1 heterocycles. The van der Waals surface area contributed by atoms with Gasteiger partial charge in [-0.3, -0.25) is 0 Å².